The Morgan fingerprint density at radius 3 is 2.16 bits per heavy atom. The van der Waals surface area contributed by atoms with Crippen LogP contribution in [0.2, 0.25) is 0 Å². The molecule has 0 spiro atoms. The molecule has 0 aliphatic rings. The van der Waals surface area contributed by atoms with Crippen LogP contribution >= 0.6 is 0 Å². The number of esters is 1. The van der Waals surface area contributed by atoms with Gasteiger partial charge in [-0.1, -0.05) is 24.6 Å². The first-order chi connectivity index (χ1) is 8.92. The highest BCUT2D eigenvalue weighted by Gasteiger charge is 2.29. The molecule has 2 atom stereocenters. The fraction of sp³-hybridized carbons (Fsp3) is 0.562. The molecule has 2 unspecified atom stereocenters. The fourth-order valence-corrected chi connectivity index (χ4v) is 2.63. The standard InChI is InChI=1S/C16H24O3/c1-6-13(16(18)19-7-2)15(17)14-11(4)8-10(3)9-12(14)5/h8-9,13,15,17H,6-7H2,1-5H3. The van der Waals surface area contributed by atoms with Gasteiger partial charge in [-0.15, -0.1) is 0 Å². The molecule has 0 amide bonds. The zero-order valence-corrected chi connectivity index (χ0v) is 12.5. The normalized spacial score (nSPS) is 14.0. The summed E-state index contributed by atoms with van der Waals surface area (Å²) in [6.45, 7) is 9.97. The van der Waals surface area contributed by atoms with Gasteiger partial charge in [0, 0.05) is 0 Å². The fourth-order valence-electron chi connectivity index (χ4n) is 2.63. The molecule has 0 radical (unpaired) electrons. The quantitative estimate of drug-likeness (QED) is 0.830. The Kier molecular flexibility index (Phi) is 5.55. The topological polar surface area (TPSA) is 46.5 Å². The number of benzene rings is 1. The molecule has 0 aliphatic heterocycles. The summed E-state index contributed by atoms with van der Waals surface area (Å²) < 4.78 is 5.04. The molecule has 1 rings (SSSR count). The highest BCUT2D eigenvalue weighted by Crippen LogP contribution is 2.31. The number of hydrogen-bond donors (Lipinski definition) is 1. The van der Waals surface area contributed by atoms with Crippen LogP contribution in [0.5, 0.6) is 0 Å². The lowest BCUT2D eigenvalue weighted by molar-refractivity contribution is -0.152. The molecular formula is C16H24O3. The lowest BCUT2D eigenvalue weighted by Gasteiger charge is -2.23. The summed E-state index contributed by atoms with van der Waals surface area (Å²) in [5.41, 5.74) is 4.06. The van der Waals surface area contributed by atoms with E-state index in [0.29, 0.717) is 13.0 Å². The van der Waals surface area contributed by atoms with Gasteiger partial charge in [0.15, 0.2) is 0 Å². The summed E-state index contributed by atoms with van der Waals surface area (Å²) in [6.07, 6.45) is -0.239. The molecule has 106 valence electrons. The maximum absolute atomic E-state index is 11.9. The molecule has 0 bridgehead atoms. The number of carbonyl (C=O) groups is 1. The SMILES string of the molecule is CCOC(=O)C(CC)C(O)c1c(C)cc(C)cc1C. The van der Waals surface area contributed by atoms with Gasteiger partial charge in [0.2, 0.25) is 0 Å². The monoisotopic (exact) mass is 264 g/mol. The number of aryl methyl sites for hydroxylation is 3. The minimum Gasteiger partial charge on any atom is -0.466 e. The smallest absolute Gasteiger partial charge is 0.311 e. The van der Waals surface area contributed by atoms with Crippen molar-refractivity contribution < 1.29 is 14.6 Å². The molecule has 0 saturated heterocycles. The van der Waals surface area contributed by atoms with Gasteiger partial charge in [0.1, 0.15) is 0 Å². The van der Waals surface area contributed by atoms with Crippen molar-refractivity contribution in [1.29, 1.82) is 0 Å². The molecule has 19 heavy (non-hydrogen) atoms. The number of aliphatic hydroxyl groups is 1. The van der Waals surface area contributed by atoms with Crippen LogP contribution in [0.1, 0.15) is 48.6 Å². The van der Waals surface area contributed by atoms with Crippen LogP contribution < -0.4 is 0 Å². The molecule has 3 nitrogen and oxygen atoms in total. The predicted molar refractivity (Wildman–Crippen MR) is 76.0 cm³/mol. The maximum Gasteiger partial charge on any atom is 0.311 e. The summed E-state index contributed by atoms with van der Waals surface area (Å²) in [4.78, 5) is 11.9. The number of hydrogen-bond acceptors (Lipinski definition) is 3. The Hall–Kier alpha value is -1.35. The average molecular weight is 264 g/mol. The van der Waals surface area contributed by atoms with Crippen LogP contribution in [0, 0.1) is 26.7 Å². The minimum absolute atomic E-state index is 0.322. The highest BCUT2D eigenvalue weighted by molar-refractivity contribution is 5.73. The molecule has 0 heterocycles. The van der Waals surface area contributed by atoms with Crippen molar-refractivity contribution in [2.75, 3.05) is 6.61 Å². The van der Waals surface area contributed by atoms with E-state index in [4.69, 9.17) is 4.74 Å². The van der Waals surface area contributed by atoms with E-state index in [1.165, 1.54) is 0 Å². The number of aliphatic hydroxyl groups excluding tert-OH is 1. The van der Waals surface area contributed by atoms with Gasteiger partial charge >= 0.3 is 5.97 Å². The molecule has 3 heteroatoms. The summed E-state index contributed by atoms with van der Waals surface area (Å²) >= 11 is 0. The zero-order valence-electron chi connectivity index (χ0n) is 12.5. The highest BCUT2D eigenvalue weighted by atomic mass is 16.5. The van der Waals surface area contributed by atoms with Crippen LogP contribution in [-0.4, -0.2) is 17.7 Å². The first-order valence-corrected chi connectivity index (χ1v) is 6.84. The Labute approximate surface area is 115 Å². The van der Waals surface area contributed by atoms with Crippen molar-refractivity contribution in [3.8, 4) is 0 Å². The lowest BCUT2D eigenvalue weighted by Crippen LogP contribution is -2.25. The van der Waals surface area contributed by atoms with Gasteiger partial charge in [0.05, 0.1) is 18.6 Å². The molecule has 1 aromatic carbocycles. The molecule has 0 aromatic heterocycles. The van der Waals surface area contributed by atoms with Crippen LogP contribution in [-0.2, 0) is 9.53 Å². The van der Waals surface area contributed by atoms with Gasteiger partial charge < -0.3 is 9.84 Å². The second-order valence-electron chi connectivity index (χ2n) is 5.02. The van der Waals surface area contributed by atoms with Crippen LogP contribution in [0.4, 0.5) is 0 Å². The number of ether oxygens (including phenoxy) is 1. The van der Waals surface area contributed by atoms with Gasteiger partial charge in [-0.3, -0.25) is 4.79 Å². The Morgan fingerprint density at radius 1 is 1.21 bits per heavy atom. The molecule has 0 fully saturated rings. The molecule has 0 saturated carbocycles. The first kappa shape index (κ1) is 15.7. The van der Waals surface area contributed by atoms with E-state index in [9.17, 15) is 9.90 Å². The van der Waals surface area contributed by atoms with E-state index in [0.717, 1.165) is 22.3 Å². The molecule has 0 aliphatic carbocycles. The molecule has 1 N–H and O–H groups in total. The van der Waals surface area contributed by atoms with E-state index in [1.807, 2.05) is 39.8 Å². The third kappa shape index (κ3) is 3.57. The summed E-state index contributed by atoms with van der Waals surface area (Å²) in [5, 5.41) is 10.5. The Morgan fingerprint density at radius 2 is 1.74 bits per heavy atom. The van der Waals surface area contributed by atoms with E-state index in [2.05, 4.69) is 0 Å². The van der Waals surface area contributed by atoms with Crippen molar-refractivity contribution in [2.45, 2.75) is 47.1 Å². The van der Waals surface area contributed by atoms with E-state index in [-0.39, 0.29) is 5.97 Å². The van der Waals surface area contributed by atoms with Crippen LogP contribution in [0.15, 0.2) is 12.1 Å². The van der Waals surface area contributed by atoms with Crippen molar-refractivity contribution >= 4 is 5.97 Å². The van der Waals surface area contributed by atoms with Crippen molar-refractivity contribution in [3.05, 3.63) is 34.4 Å². The first-order valence-electron chi connectivity index (χ1n) is 6.84. The van der Waals surface area contributed by atoms with Crippen molar-refractivity contribution in [3.63, 3.8) is 0 Å². The largest absolute Gasteiger partial charge is 0.466 e. The van der Waals surface area contributed by atoms with Gasteiger partial charge in [-0.05, 0) is 50.8 Å². The number of rotatable bonds is 5. The van der Waals surface area contributed by atoms with E-state index >= 15 is 0 Å². The molecular weight excluding hydrogens is 240 g/mol. The van der Waals surface area contributed by atoms with Gasteiger partial charge in [-0.2, -0.15) is 0 Å². The van der Waals surface area contributed by atoms with Gasteiger partial charge in [0.25, 0.3) is 0 Å². The maximum atomic E-state index is 11.9. The molecule has 1 aromatic rings. The minimum atomic E-state index is -0.801. The lowest BCUT2D eigenvalue weighted by atomic mass is 9.87. The van der Waals surface area contributed by atoms with Crippen LogP contribution in [0.3, 0.4) is 0 Å². The zero-order chi connectivity index (χ0) is 14.6. The summed E-state index contributed by atoms with van der Waals surface area (Å²) in [7, 11) is 0. The van der Waals surface area contributed by atoms with Gasteiger partial charge in [-0.25, -0.2) is 0 Å². The van der Waals surface area contributed by atoms with E-state index in [1.54, 1.807) is 6.92 Å². The summed E-state index contributed by atoms with van der Waals surface area (Å²) in [5.74, 6) is -0.822. The summed E-state index contributed by atoms with van der Waals surface area (Å²) in [6, 6.07) is 4.06. The third-order valence-corrected chi connectivity index (χ3v) is 3.44. The third-order valence-electron chi connectivity index (χ3n) is 3.44. The predicted octanol–water partition coefficient (Wildman–Crippen LogP) is 3.23. The Balaban J connectivity index is 3.10. The second-order valence-corrected chi connectivity index (χ2v) is 5.02. The number of carbonyl (C=O) groups excluding carboxylic acids is 1. The van der Waals surface area contributed by atoms with Crippen molar-refractivity contribution in [1.82, 2.24) is 0 Å². The average Bonchev–Trinajstić information content (AvgIpc) is 2.28. The van der Waals surface area contributed by atoms with Crippen LogP contribution in [0.25, 0.3) is 0 Å². The second kappa shape index (κ2) is 6.71. The Bertz CT molecular complexity index is 428. The van der Waals surface area contributed by atoms with Crippen molar-refractivity contribution in [2.24, 2.45) is 5.92 Å². The van der Waals surface area contributed by atoms with E-state index < -0.39 is 12.0 Å².